The van der Waals surface area contributed by atoms with E-state index in [4.69, 9.17) is 4.98 Å². The van der Waals surface area contributed by atoms with Gasteiger partial charge in [0, 0.05) is 25.1 Å². The molecule has 6 nitrogen and oxygen atoms in total. The Bertz CT molecular complexity index is 800. The minimum absolute atomic E-state index is 0.308. The molecule has 0 amide bonds. The molecule has 1 fully saturated rings. The molecule has 4 rings (SSSR count). The first-order valence-corrected chi connectivity index (χ1v) is 8.29. The maximum absolute atomic E-state index is 4.70. The summed E-state index contributed by atoms with van der Waals surface area (Å²) in [6.07, 6.45) is 7.70. The molecule has 0 aliphatic carbocycles. The van der Waals surface area contributed by atoms with E-state index in [0.29, 0.717) is 6.04 Å². The van der Waals surface area contributed by atoms with Gasteiger partial charge in [-0.2, -0.15) is 0 Å². The number of aromatic nitrogens is 5. The number of aromatic amines is 1. The Morgan fingerprint density at radius 1 is 1.21 bits per heavy atom. The zero-order valence-electron chi connectivity index (χ0n) is 13.7. The van der Waals surface area contributed by atoms with Crippen LogP contribution in [0.15, 0.2) is 42.9 Å². The third-order valence-corrected chi connectivity index (χ3v) is 4.39. The highest BCUT2D eigenvalue weighted by molar-refractivity contribution is 5.49. The molecule has 122 valence electrons. The van der Waals surface area contributed by atoms with Gasteiger partial charge >= 0.3 is 0 Å². The molecule has 1 saturated heterocycles. The lowest BCUT2D eigenvalue weighted by Gasteiger charge is -2.24. The highest BCUT2D eigenvalue weighted by atomic mass is 15.2. The van der Waals surface area contributed by atoms with E-state index >= 15 is 0 Å². The number of nitrogens with one attached hydrogen (secondary N) is 1. The molecule has 1 aliphatic rings. The molecule has 24 heavy (non-hydrogen) atoms. The summed E-state index contributed by atoms with van der Waals surface area (Å²) in [6.45, 7) is 3.86. The quantitative estimate of drug-likeness (QED) is 0.800. The van der Waals surface area contributed by atoms with E-state index in [1.165, 1.54) is 6.42 Å². The van der Waals surface area contributed by atoms with Crippen molar-refractivity contribution in [1.29, 1.82) is 0 Å². The molecule has 0 bridgehead atoms. The van der Waals surface area contributed by atoms with Gasteiger partial charge in [0.25, 0.3) is 0 Å². The average molecular weight is 320 g/mol. The van der Waals surface area contributed by atoms with Crippen molar-refractivity contribution in [3.05, 3.63) is 60.1 Å². The van der Waals surface area contributed by atoms with E-state index < -0.39 is 0 Å². The van der Waals surface area contributed by atoms with Crippen molar-refractivity contribution in [3.8, 4) is 11.5 Å². The lowest BCUT2D eigenvalue weighted by Crippen LogP contribution is -2.24. The van der Waals surface area contributed by atoms with E-state index in [0.717, 1.165) is 48.2 Å². The molecule has 0 radical (unpaired) electrons. The normalized spacial score (nSPS) is 18.1. The summed E-state index contributed by atoms with van der Waals surface area (Å²) in [5, 5.41) is 0. The first-order valence-electron chi connectivity index (χ1n) is 8.29. The summed E-state index contributed by atoms with van der Waals surface area (Å²) in [7, 11) is 0. The molecule has 3 aromatic rings. The minimum atomic E-state index is 0.308. The van der Waals surface area contributed by atoms with Crippen LogP contribution in [0, 0.1) is 6.92 Å². The maximum Gasteiger partial charge on any atom is 0.156 e. The predicted octanol–water partition coefficient (Wildman–Crippen LogP) is 2.91. The Balaban J connectivity index is 1.62. The number of aryl methyl sites for hydroxylation is 1. The number of H-pyrrole nitrogens is 1. The summed E-state index contributed by atoms with van der Waals surface area (Å²) in [4.78, 5) is 23.6. The lowest BCUT2D eigenvalue weighted by molar-refractivity contribution is 0.241. The molecule has 4 heterocycles. The van der Waals surface area contributed by atoms with E-state index in [1.54, 1.807) is 6.20 Å². The minimum Gasteiger partial charge on any atom is -0.343 e. The van der Waals surface area contributed by atoms with Gasteiger partial charge in [0.1, 0.15) is 11.5 Å². The van der Waals surface area contributed by atoms with Crippen LogP contribution in [-0.2, 0) is 6.54 Å². The third-order valence-electron chi connectivity index (χ3n) is 4.39. The SMILES string of the molecule is Cc1nc(-c2ncc[nH]2)cc(C2CCCN2Cc2ccccn2)n1. The van der Waals surface area contributed by atoms with Crippen molar-refractivity contribution in [2.75, 3.05) is 6.54 Å². The van der Waals surface area contributed by atoms with E-state index in [-0.39, 0.29) is 0 Å². The Morgan fingerprint density at radius 2 is 2.17 bits per heavy atom. The van der Waals surface area contributed by atoms with Gasteiger partial charge < -0.3 is 4.98 Å². The smallest absolute Gasteiger partial charge is 0.156 e. The molecule has 1 N–H and O–H groups in total. The van der Waals surface area contributed by atoms with Gasteiger partial charge in [0.05, 0.1) is 17.4 Å². The molecule has 3 aromatic heterocycles. The Morgan fingerprint density at radius 3 is 2.96 bits per heavy atom. The molecular formula is C18H20N6. The highest BCUT2D eigenvalue weighted by Crippen LogP contribution is 2.33. The molecule has 0 aromatic carbocycles. The number of pyridine rings is 1. The third kappa shape index (κ3) is 3.05. The van der Waals surface area contributed by atoms with Crippen molar-refractivity contribution in [2.24, 2.45) is 0 Å². The number of rotatable bonds is 4. The number of hydrogen-bond donors (Lipinski definition) is 1. The second-order valence-electron chi connectivity index (χ2n) is 6.11. The van der Waals surface area contributed by atoms with Crippen LogP contribution in [0.25, 0.3) is 11.5 Å². The van der Waals surface area contributed by atoms with Gasteiger partial charge in [0.2, 0.25) is 0 Å². The Kier molecular flexibility index (Phi) is 4.04. The summed E-state index contributed by atoms with van der Waals surface area (Å²) in [5.41, 5.74) is 3.02. The van der Waals surface area contributed by atoms with Gasteiger partial charge in [-0.3, -0.25) is 9.88 Å². The van der Waals surface area contributed by atoms with Crippen LogP contribution in [0.5, 0.6) is 0 Å². The summed E-state index contributed by atoms with van der Waals surface area (Å²) >= 11 is 0. The highest BCUT2D eigenvalue weighted by Gasteiger charge is 2.28. The van der Waals surface area contributed by atoms with Crippen LogP contribution >= 0.6 is 0 Å². The first-order chi connectivity index (χ1) is 11.8. The van der Waals surface area contributed by atoms with Crippen molar-refractivity contribution < 1.29 is 0 Å². The maximum atomic E-state index is 4.70. The monoisotopic (exact) mass is 320 g/mol. The fourth-order valence-corrected chi connectivity index (χ4v) is 3.34. The van der Waals surface area contributed by atoms with Crippen LogP contribution in [0.4, 0.5) is 0 Å². The van der Waals surface area contributed by atoms with E-state index in [2.05, 4.69) is 37.0 Å². The van der Waals surface area contributed by atoms with Gasteiger partial charge in [-0.15, -0.1) is 0 Å². The second kappa shape index (κ2) is 6.49. The molecular weight excluding hydrogens is 300 g/mol. The van der Waals surface area contributed by atoms with Gasteiger partial charge in [-0.25, -0.2) is 15.0 Å². The van der Waals surface area contributed by atoms with Crippen LogP contribution < -0.4 is 0 Å². The Hall–Kier alpha value is -2.60. The van der Waals surface area contributed by atoms with Crippen molar-refractivity contribution in [2.45, 2.75) is 32.4 Å². The number of nitrogens with zero attached hydrogens (tertiary/aromatic N) is 5. The molecule has 1 unspecified atom stereocenters. The predicted molar refractivity (Wildman–Crippen MR) is 91.0 cm³/mol. The Labute approximate surface area is 141 Å². The van der Waals surface area contributed by atoms with E-state index in [1.807, 2.05) is 31.5 Å². The first kappa shape index (κ1) is 15.0. The molecule has 1 aliphatic heterocycles. The zero-order valence-corrected chi connectivity index (χ0v) is 13.7. The van der Waals surface area contributed by atoms with Crippen LogP contribution in [0.1, 0.15) is 36.1 Å². The van der Waals surface area contributed by atoms with Crippen molar-refractivity contribution in [1.82, 2.24) is 29.8 Å². The average Bonchev–Trinajstić information content (AvgIpc) is 3.27. The van der Waals surface area contributed by atoms with E-state index in [9.17, 15) is 0 Å². The molecule has 1 atom stereocenters. The van der Waals surface area contributed by atoms with Gasteiger partial charge in [-0.1, -0.05) is 6.07 Å². The molecule has 0 saturated carbocycles. The van der Waals surface area contributed by atoms with Gasteiger partial charge in [0.15, 0.2) is 5.82 Å². The summed E-state index contributed by atoms with van der Waals surface area (Å²) in [6, 6.07) is 8.44. The lowest BCUT2D eigenvalue weighted by atomic mass is 10.1. The van der Waals surface area contributed by atoms with Gasteiger partial charge in [-0.05, 0) is 44.5 Å². The summed E-state index contributed by atoms with van der Waals surface area (Å²) in [5.74, 6) is 1.57. The fraction of sp³-hybridized carbons (Fsp3) is 0.333. The number of imidazole rings is 1. The van der Waals surface area contributed by atoms with Crippen LogP contribution in [0.2, 0.25) is 0 Å². The standard InChI is InChI=1S/C18H20N6/c1-13-22-15(11-16(23-13)18-20-8-9-21-18)17-6-4-10-24(17)12-14-5-2-3-7-19-14/h2-3,5,7-9,11,17H,4,6,10,12H2,1H3,(H,20,21). The zero-order chi connectivity index (χ0) is 16.4. The topological polar surface area (TPSA) is 70.6 Å². The van der Waals surface area contributed by atoms with Crippen molar-refractivity contribution >= 4 is 0 Å². The number of likely N-dealkylation sites (tertiary alicyclic amines) is 1. The van der Waals surface area contributed by atoms with Crippen molar-refractivity contribution in [3.63, 3.8) is 0 Å². The molecule has 0 spiro atoms. The summed E-state index contributed by atoms with van der Waals surface area (Å²) < 4.78 is 0. The second-order valence-corrected chi connectivity index (χ2v) is 6.11. The van der Waals surface area contributed by atoms with Crippen LogP contribution in [0.3, 0.4) is 0 Å². The molecule has 6 heteroatoms. The van der Waals surface area contributed by atoms with Crippen LogP contribution in [-0.4, -0.2) is 36.4 Å². The number of hydrogen-bond acceptors (Lipinski definition) is 5. The largest absolute Gasteiger partial charge is 0.343 e. The fourth-order valence-electron chi connectivity index (χ4n) is 3.34.